The summed E-state index contributed by atoms with van der Waals surface area (Å²) in [6.07, 6.45) is 2.14. The van der Waals surface area contributed by atoms with E-state index in [2.05, 4.69) is 15.6 Å². The van der Waals surface area contributed by atoms with Gasteiger partial charge in [0, 0.05) is 24.7 Å². The fraction of sp³-hybridized carbons (Fsp3) is 0.259. The number of aromatic nitrogens is 1. The van der Waals surface area contributed by atoms with E-state index in [1.165, 1.54) is 0 Å². The second kappa shape index (κ2) is 10.8. The Morgan fingerprint density at radius 3 is 2.14 bits per heavy atom. The molecule has 4 rings (SSSR count). The van der Waals surface area contributed by atoms with Crippen LogP contribution in [0.4, 0.5) is 4.79 Å². The summed E-state index contributed by atoms with van der Waals surface area (Å²) in [6.45, 7) is 1.90. The summed E-state index contributed by atoms with van der Waals surface area (Å²) in [5.74, 6) is -1.66. The molecule has 2 amide bonds. The molecular formula is C27H27N3O5. The van der Waals surface area contributed by atoms with Crippen molar-refractivity contribution >= 4 is 18.0 Å². The molecule has 2 aromatic carbocycles. The number of aliphatic carboxylic acids is 1. The molecule has 1 aliphatic rings. The molecule has 0 radical (unpaired) electrons. The van der Waals surface area contributed by atoms with E-state index in [9.17, 15) is 14.4 Å². The first-order chi connectivity index (χ1) is 16.9. The Bertz CT molecular complexity index is 1170. The largest absolute Gasteiger partial charge is 0.481 e. The number of nitrogens with one attached hydrogen (secondary N) is 2. The SMILES string of the molecule is C[C@H](NC(=O)C(CCC(=O)O)NC(=O)OCC1c2ccccc2-c2ccccc21)c1ccncc1. The Kier molecular flexibility index (Phi) is 7.40. The van der Waals surface area contributed by atoms with Gasteiger partial charge in [0.1, 0.15) is 12.6 Å². The molecule has 0 aliphatic heterocycles. The number of rotatable bonds is 9. The quantitative estimate of drug-likeness (QED) is 0.432. The van der Waals surface area contributed by atoms with E-state index in [0.717, 1.165) is 27.8 Å². The lowest BCUT2D eigenvalue weighted by atomic mass is 9.98. The number of benzene rings is 2. The molecule has 0 bridgehead atoms. The maximum Gasteiger partial charge on any atom is 0.407 e. The maximum absolute atomic E-state index is 12.9. The van der Waals surface area contributed by atoms with Gasteiger partial charge in [0.15, 0.2) is 0 Å². The number of carbonyl (C=O) groups is 3. The van der Waals surface area contributed by atoms with Crippen LogP contribution in [0.1, 0.15) is 48.4 Å². The van der Waals surface area contributed by atoms with Gasteiger partial charge in [-0.15, -0.1) is 0 Å². The molecule has 3 N–H and O–H groups in total. The summed E-state index contributed by atoms with van der Waals surface area (Å²) in [6, 6.07) is 18.1. The number of carboxylic acid groups (broad SMARTS) is 1. The van der Waals surface area contributed by atoms with Crippen molar-refractivity contribution in [1.29, 1.82) is 0 Å². The van der Waals surface area contributed by atoms with Gasteiger partial charge in [-0.25, -0.2) is 4.79 Å². The predicted octanol–water partition coefficient (Wildman–Crippen LogP) is 4.03. The summed E-state index contributed by atoms with van der Waals surface area (Å²) in [5, 5.41) is 14.5. The van der Waals surface area contributed by atoms with Crippen LogP contribution in [-0.2, 0) is 14.3 Å². The third-order valence-corrected chi connectivity index (χ3v) is 6.16. The van der Waals surface area contributed by atoms with Crippen LogP contribution >= 0.6 is 0 Å². The highest BCUT2D eigenvalue weighted by Crippen LogP contribution is 2.44. The Labute approximate surface area is 203 Å². The standard InChI is InChI=1S/C27H27N3O5/c1-17(18-12-14-28-15-13-18)29-26(33)24(10-11-25(31)32)30-27(34)35-16-23-21-8-4-2-6-19(21)20-7-3-5-9-22(20)23/h2-9,12-15,17,23-24H,10-11,16H2,1H3,(H,29,33)(H,30,34)(H,31,32)/t17-,24?/m0/s1. The van der Waals surface area contributed by atoms with Gasteiger partial charge in [-0.2, -0.15) is 0 Å². The molecule has 8 nitrogen and oxygen atoms in total. The predicted molar refractivity (Wildman–Crippen MR) is 130 cm³/mol. The smallest absolute Gasteiger partial charge is 0.407 e. The number of hydrogen-bond acceptors (Lipinski definition) is 5. The van der Waals surface area contributed by atoms with Crippen molar-refractivity contribution in [3.05, 3.63) is 89.7 Å². The van der Waals surface area contributed by atoms with E-state index >= 15 is 0 Å². The lowest BCUT2D eigenvalue weighted by Crippen LogP contribution is -2.47. The Morgan fingerprint density at radius 1 is 0.943 bits per heavy atom. The molecule has 8 heteroatoms. The summed E-state index contributed by atoms with van der Waals surface area (Å²) >= 11 is 0. The molecule has 0 saturated carbocycles. The van der Waals surface area contributed by atoms with Crippen LogP contribution < -0.4 is 10.6 Å². The fourth-order valence-corrected chi connectivity index (χ4v) is 4.37. The number of nitrogens with zero attached hydrogens (tertiary/aromatic N) is 1. The third kappa shape index (κ3) is 5.66. The van der Waals surface area contributed by atoms with Gasteiger partial charge in [0.05, 0.1) is 6.04 Å². The second-order valence-electron chi connectivity index (χ2n) is 8.47. The molecular weight excluding hydrogens is 446 g/mol. The first-order valence-corrected chi connectivity index (χ1v) is 11.5. The van der Waals surface area contributed by atoms with Crippen LogP contribution in [0.15, 0.2) is 73.1 Å². The highest BCUT2D eigenvalue weighted by molar-refractivity contribution is 5.86. The van der Waals surface area contributed by atoms with E-state index in [1.54, 1.807) is 31.5 Å². The molecule has 3 aromatic rings. The lowest BCUT2D eigenvalue weighted by Gasteiger charge is -2.22. The topological polar surface area (TPSA) is 118 Å². The molecule has 35 heavy (non-hydrogen) atoms. The molecule has 1 unspecified atom stereocenters. The van der Waals surface area contributed by atoms with Gasteiger partial charge in [-0.1, -0.05) is 48.5 Å². The van der Waals surface area contributed by atoms with Crippen LogP contribution in [0, 0.1) is 0 Å². The van der Waals surface area contributed by atoms with Crippen molar-refractivity contribution < 1.29 is 24.2 Å². The second-order valence-corrected chi connectivity index (χ2v) is 8.47. The molecule has 0 fully saturated rings. The molecule has 1 heterocycles. The van der Waals surface area contributed by atoms with Crippen molar-refractivity contribution in [2.75, 3.05) is 6.61 Å². The van der Waals surface area contributed by atoms with E-state index in [-0.39, 0.29) is 31.4 Å². The minimum Gasteiger partial charge on any atom is -0.481 e. The van der Waals surface area contributed by atoms with Gasteiger partial charge in [-0.05, 0) is 53.3 Å². The number of ether oxygens (including phenoxy) is 1. The average Bonchev–Trinajstić information content (AvgIpc) is 3.19. The number of fused-ring (bicyclic) bond motifs is 3. The molecule has 1 aliphatic carbocycles. The van der Waals surface area contributed by atoms with Gasteiger partial charge in [0.25, 0.3) is 0 Å². The third-order valence-electron chi connectivity index (χ3n) is 6.16. The normalized spacial score (nSPS) is 13.7. The number of carboxylic acids is 1. The summed E-state index contributed by atoms with van der Waals surface area (Å²) in [4.78, 5) is 40.6. The van der Waals surface area contributed by atoms with Gasteiger partial charge in [0.2, 0.25) is 5.91 Å². The first-order valence-electron chi connectivity index (χ1n) is 11.5. The molecule has 0 saturated heterocycles. The van der Waals surface area contributed by atoms with Gasteiger partial charge < -0.3 is 20.5 Å². The Morgan fingerprint density at radius 2 is 1.54 bits per heavy atom. The van der Waals surface area contributed by atoms with Crippen LogP contribution in [-0.4, -0.2) is 40.7 Å². The summed E-state index contributed by atoms with van der Waals surface area (Å²) < 4.78 is 5.53. The van der Waals surface area contributed by atoms with Crippen LogP contribution in [0.25, 0.3) is 11.1 Å². The monoisotopic (exact) mass is 473 g/mol. The number of amides is 2. The van der Waals surface area contributed by atoms with E-state index in [0.29, 0.717) is 0 Å². The van der Waals surface area contributed by atoms with E-state index < -0.39 is 24.0 Å². The zero-order chi connectivity index (χ0) is 24.8. The number of carbonyl (C=O) groups excluding carboxylic acids is 2. The molecule has 180 valence electrons. The van der Waals surface area contributed by atoms with Crippen molar-refractivity contribution in [2.45, 2.75) is 37.8 Å². The zero-order valence-electron chi connectivity index (χ0n) is 19.3. The van der Waals surface area contributed by atoms with E-state index in [4.69, 9.17) is 9.84 Å². The minimum atomic E-state index is -1.06. The fourth-order valence-electron chi connectivity index (χ4n) is 4.37. The minimum absolute atomic E-state index is 0.0611. The van der Waals surface area contributed by atoms with Crippen molar-refractivity contribution in [3.8, 4) is 11.1 Å². The average molecular weight is 474 g/mol. The van der Waals surface area contributed by atoms with Crippen LogP contribution in [0.5, 0.6) is 0 Å². The van der Waals surface area contributed by atoms with Crippen LogP contribution in [0.3, 0.4) is 0 Å². The highest BCUT2D eigenvalue weighted by Gasteiger charge is 2.30. The van der Waals surface area contributed by atoms with Gasteiger partial charge in [-0.3, -0.25) is 14.6 Å². The Hall–Kier alpha value is -4.20. The van der Waals surface area contributed by atoms with Crippen molar-refractivity contribution in [2.24, 2.45) is 0 Å². The number of alkyl carbamates (subject to hydrolysis) is 1. The van der Waals surface area contributed by atoms with Crippen molar-refractivity contribution in [3.63, 3.8) is 0 Å². The molecule has 2 atom stereocenters. The van der Waals surface area contributed by atoms with Crippen molar-refractivity contribution in [1.82, 2.24) is 15.6 Å². The van der Waals surface area contributed by atoms with Gasteiger partial charge >= 0.3 is 12.1 Å². The molecule has 1 aromatic heterocycles. The zero-order valence-corrected chi connectivity index (χ0v) is 19.3. The van der Waals surface area contributed by atoms with E-state index in [1.807, 2.05) is 48.5 Å². The maximum atomic E-state index is 12.9. The highest BCUT2D eigenvalue weighted by atomic mass is 16.5. The molecule has 0 spiro atoms. The van der Waals surface area contributed by atoms with Crippen LogP contribution in [0.2, 0.25) is 0 Å². The lowest BCUT2D eigenvalue weighted by molar-refractivity contribution is -0.137. The number of hydrogen-bond donors (Lipinski definition) is 3. The summed E-state index contributed by atoms with van der Waals surface area (Å²) in [5.41, 5.74) is 5.22. The Balaban J connectivity index is 1.41. The number of pyridine rings is 1. The first kappa shape index (κ1) is 23.9. The summed E-state index contributed by atoms with van der Waals surface area (Å²) in [7, 11) is 0.